The molecule has 1 aliphatic rings. The van der Waals surface area contributed by atoms with Gasteiger partial charge < -0.3 is 5.32 Å². The minimum atomic E-state index is 0.541. The molecule has 1 atom stereocenters. The van der Waals surface area contributed by atoms with E-state index < -0.39 is 0 Å². The summed E-state index contributed by atoms with van der Waals surface area (Å²) < 4.78 is 0. The number of aryl methyl sites for hydroxylation is 3. The van der Waals surface area contributed by atoms with E-state index in [0.29, 0.717) is 11.5 Å². The fourth-order valence-corrected chi connectivity index (χ4v) is 3.17. The molecule has 1 saturated carbocycles. The third kappa shape index (κ3) is 3.39. The lowest BCUT2D eigenvalue weighted by Crippen LogP contribution is -2.39. The zero-order valence-corrected chi connectivity index (χ0v) is 13.3. The second kappa shape index (κ2) is 5.66. The molecule has 1 aliphatic carbocycles. The molecule has 1 nitrogen and oxygen atoms in total. The van der Waals surface area contributed by atoms with Crippen molar-refractivity contribution in [3.63, 3.8) is 0 Å². The fourth-order valence-electron chi connectivity index (χ4n) is 3.17. The Balaban J connectivity index is 2.17. The van der Waals surface area contributed by atoms with Crippen molar-refractivity contribution in [2.75, 3.05) is 6.54 Å². The number of hydrogen-bond donors (Lipinski definition) is 1. The summed E-state index contributed by atoms with van der Waals surface area (Å²) >= 11 is 0. The summed E-state index contributed by atoms with van der Waals surface area (Å²) in [5, 5.41) is 3.79. The van der Waals surface area contributed by atoms with E-state index in [9.17, 15) is 0 Å². The molecule has 0 spiro atoms. The zero-order valence-electron chi connectivity index (χ0n) is 13.3. The highest BCUT2D eigenvalue weighted by Crippen LogP contribution is 2.49. The maximum absolute atomic E-state index is 3.79. The number of nitrogens with one attached hydrogen (secondary N) is 1. The molecule has 0 radical (unpaired) electrons. The van der Waals surface area contributed by atoms with Gasteiger partial charge in [0.25, 0.3) is 0 Å². The first kappa shape index (κ1) is 14.6. The Morgan fingerprint density at radius 1 is 1.16 bits per heavy atom. The van der Waals surface area contributed by atoms with Crippen LogP contribution in [0.4, 0.5) is 0 Å². The molecular formula is C18H29N. The van der Waals surface area contributed by atoms with E-state index in [-0.39, 0.29) is 0 Å². The van der Waals surface area contributed by atoms with Crippen molar-refractivity contribution in [1.82, 2.24) is 5.32 Å². The van der Waals surface area contributed by atoms with Crippen LogP contribution in [0.2, 0.25) is 0 Å². The van der Waals surface area contributed by atoms with Gasteiger partial charge in [-0.05, 0) is 75.1 Å². The van der Waals surface area contributed by atoms with Crippen LogP contribution in [0.3, 0.4) is 0 Å². The molecule has 0 aliphatic heterocycles. The average molecular weight is 259 g/mol. The van der Waals surface area contributed by atoms with E-state index in [1.165, 1.54) is 42.4 Å². The third-order valence-electron chi connectivity index (χ3n) is 4.77. The highest BCUT2D eigenvalue weighted by atomic mass is 14.9. The molecule has 106 valence electrons. The van der Waals surface area contributed by atoms with E-state index in [4.69, 9.17) is 0 Å². The molecule has 0 heterocycles. The Morgan fingerprint density at radius 2 is 1.74 bits per heavy atom. The van der Waals surface area contributed by atoms with Gasteiger partial charge >= 0.3 is 0 Å². The first-order valence-electron chi connectivity index (χ1n) is 7.76. The van der Waals surface area contributed by atoms with E-state index in [2.05, 4.69) is 52.1 Å². The van der Waals surface area contributed by atoms with Crippen LogP contribution in [0.25, 0.3) is 0 Å². The molecule has 0 saturated heterocycles. The molecule has 0 amide bonds. The normalized spacial score (nSPS) is 18.4. The van der Waals surface area contributed by atoms with Crippen molar-refractivity contribution in [3.8, 4) is 0 Å². The second-order valence-electron chi connectivity index (χ2n) is 6.74. The summed E-state index contributed by atoms with van der Waals surface area (Å²) in [7, 11) is 0. The number of rotatable bonds is 6. The van der Waals surface area contributed by atoms with Crippen molar-refractivity contribution in [2.24, 2.45) is 5.41 Å². The first-order chi connectivity index (χ1) is 8.96. The van der Waals surface area contributed by atoms with Crippen molar-refractivity contribution in [1.29, 1.82) is 0 Å². The SMILES string of the molecule is CCCNC(Cc1c(C)cc(C)cc1C)C1(C)CC1. The van der Waals surface area contributed by atoms with E-state index in [1.807, 2.05) is 0 Å². The quantitative estimate of drug-likeness (QED) is 0.802. The van der Waals surface area contributed by atoms with Crippen LogP contribution in [-0.4, -0.2) is 12.6 Å². The Hall–Kier alpha value is -0.820. The molecule has 0 bridgehead atoms. The average Bonchev–Trinajstić information content (AvgIpc) is 3.06. The summed E-state index contributed by atoms with van der Waals surface area (Å²) in [6, 6.07) is 5.30. The minimum Gasteiger partial charge on any atom is -0.313 e. The van der Waals surface area contributed by atoms with Crippen LogP contribution >= 0.6 is 0 Å². The topological polar surface area (TPSA) is 12.0 Å². The van der Waals surface area contributed by atoms with Gasteiger partial charge in [0.2, 0.25) is 0 Å². The zero-order chi connectivity index (χ0) is 14.0. The van der Waals surface area contributed by atoms with Crippen LogP contribution < -0.4 is 5.32 Å². The molecule has 1 heteroatoms. The molecule has 1 aromatic carbocycles. The summed E-state index contributed by atoms with van der Waals surface area (Å²) in [4.78, 5) is 0. The van der Waals surface area contributed by atoms with Gasteiger partial charge in [0, 0.05) is 6.04 Å². The maximum atomic E-state index is 3.79. The molecule has 1 unspecified atom stereocenters. The van der Waals surface area contributed by atoms with Crippen molar-refractivity contribution >= 4 is 0 Å². The molecule has 19 heavy (non-hydrogen) atoms. The Labute approximate surface area is 118 Å². The third-order valence-corrected chi connectivity index (χ3v) is 4.77. The predicted molar refractivity (Wildman–Crippen MR) is 83.8 cm³/mol. The lowest BCUT2D eigenvalue weighted by molar-refractivity contribution is 0.353. The molecule has 1 aromatic rings. The van der Waals surface area contributed by atoms with Gasteiger partial charge in [-0.1, -0.05) is 31.5 Å². The molecular weight excluding hydrogens is 230 g/mol. The van der Waals surface area contributed by atoms with Gasteiger partial charge in [-0.2, -0.15) is 0 Å². The highest BCUT2D eigenvalue weighted by molar-refractivity contribution is 5.38. The largest absolute Gasteiger partial charge is 0.313 e. The van der Waals surface area contributed by atoms with Gasteiger partial charge in [-0.25, -0.2) is 0 Å². The van der Waals surface area contributed by atoms with Gasteiger partial charge in [0.1, 0.15) is 0 Å². The van der Waals surface area contributed by atoms with E-state index in [0.717, 1.165) is 6.54 Å². The summed E-state index contributed by atoms with van der Waals surface area (Å²) in [5.41, 5.74) is 6.41. The number of benzene rings is 1. The van der Waals surface area contributed by atoms with Crippen molar-refractivity contribution < 1.29 is 0 Å². The highest BCUT2D eigenvalue weighted by Gasteiger charge is 2.44. The maximum Gasteiger partial charge on any atom is 0.0161 e. The predicted octanol–water partition coefficient (Wildman–Crippen LogP) is 4.32. The van der Waals surface area contributed by atoms with Crippen LogP contribution in [0, 0.1) is 26.2 Å². The fraction of sp³-hybridized carbons (Fsp3) is 0.667. The van der Waals surface area contributed by atoms with E-state index in [1.54, 1.807) is 5.56 Å². The monoisotopic (exact) mass is 259 g/mol. The van der Waals surface area contributed by atoms with Crippen LogP contribution in [0.5, 0.6) is 0 Å². The minimum absolute atomic E-state index is 0.541. The van der Waals surface area contributed by atoms with Gasteiger partial charge in [0.05, 0.1) is 0 Å². The summed E-state index contributed by atoms with van der Waals surface area (Å²) in [5.74, 6) is 0. The first-order valence-corrected chi connectivity index (χ1v) is 7.76. The van der Waals surface area contributed by atoms with Crippen molar-refractivity contribution in [3.05, 3.63) is 34.4 Å². The van der Waals surface area contributed by atoms with Crippen molar-refractivity contribution in [2.45, 2.75) is 66.3 Å². The van der Waals surface area contributed by atoms with Crippen LogP contribution in [-0.2, 0) is 6.42 Å². The summed E-state index contributed by atoms with van der Waals surface area (Å²) in [6.07, 6.45) is 5.18. The number of hydrogen-bond acceptors (Lipinski definition) is 1. The smallest absolute Gasteiger partial charge is 0.0161 e. The molecule has 1 fully saturated rings. The second-order valence-corrected chi connectivity index (χ2v) is 6.74. The van der Waals surface area contributed by atoms with Gasteiger partial charge in [0.15, 0.2) is 0 Å². The molecule has 0 aromatic heterocycles. The van der Waals surface area contributed by atoms with Crippen LogP contribution in [0.1, 0.15) is 55.4 Å². The molecule has 1 N–H and O–H groups in total. The van der Waals surface area contributed by atoms with Gasteiger partial charge in [-0.3, -0.25) is 0 Å². The lowest BCUT2D eigenvalue weighted by Gasteiger charge is -2.27. The van der Waals surface area contributed by atoms with Gasteiger partial charge in [-0.15, -0.1) is 0 Å². The van der Waals surface area contributed by atoms with E-state index >= 15 is 0 Å². The Morgan fingerprint density at radius 3 is 2.21 bits per heavy atom. The van der Waals surface area contributed by atoms with Crippen LogP contribution in [0.15, 0.2) is 12.1 Å². The standard InChI is InChI=1S/C18H29N/c1-6-9-19-17(18(5)7-8-18)12-16-14(3)10-13(2)11-15(16)4/h10-11,17,19H,6-9,12H2,1-5H3. The lowest BCUT2D eigenvalue weighted by atomic mass is 9.88. The Bertz CT molecular complexity index is 420. The summed E-state index contributed by atoms with van der Waals surface area (Å²) in [6.45, 7) is 12.6. The Kier molecular flexibility index (Phi) is 4.35. The molecule has 2 rings (SSSR count).